The molecule has 74 valence electrons. The van der Waals surface area contributed by atoms with Crippen molar-refractivity contribution in [3.05, 3.63) is 59.4 Å². The lowest BCUT2D eigenvalue weighted by molar-refractivity contribution is 0.103. The van der Waals surface area contributed by atoms with Crippen LogP contribution in [0.25, 0.3) is 0 Å². The molecule has 0 fully saturated rings. The van der Waals surface area contributed by atoms with Crippen LogP contribution in [0.2, 0.25) is 0 Å². The van der Waals surface area contributed by atoms with Crippen molar-refractivity contribution in [3.8, 4) is 0 Å². The molecular weight excluding hydrogens is 188 g/mol. The Hall–Kier alpha value is -2.03. The average Bonchev–Trinajstić information content (AvgIpc) is 2.29. The second kappa shape index (κ2) is 4.00. The van der Waals surface area contributed by atoms with Gasteiger partial charge in [-0.05, 0) is 19.1 Å². The molecule has 0 saturated heterocycles. The van der Waals surface area contributed by atoms with Crippen molar-refractivity contribution in [2.45, 2.75) is 6.92 Å². The molecule has 1 aromatic carbocycles. The van der Waals surface area contributed by atoms with E-state index in [2.05, 4.69) is 10.2 Å². The maximum Gasteiger partial charge on any atom is 0.194 e. The molecule has 0 radical (unpaired) electrons. The highest BCUT2D eigenvalue weighted by Crippen LogP contribution is 2.09. The van der Waals surface area contributed by atoms with Crippen molar-refractivity contribution >= 4 is 5.78 Å². The second-order valence-electron chi connectivity index (χ2n) is 3.33. The van der Waals surface area contributed by atoms with Crippen LogP contribution >= 0.6 is 0 Å². The molecule has 0 unspecified atom stereocenters. The van der Waals surface area contributed by atoms with Crippen molar-refractivity contribution in [3.63, 3.8) is 0 Å². The summed E-state index contributed by atoms with van der Waals surface area (Å²) in [6.45, 7) is 1.96. The molecule has 3 nitrogen and oxygen atoms in total. The maximum absolute atomic E-state index is 11.9. The molecule has 2 rings (SSSR count). The molecule has 0 saturated carbocycles. The minimum atomic E-state index is -0.0198. The number of benzene rings is 1. The van der Waals surface area contributed by atoms with E-state index in [1.54, 1.807) is 12.1 Å². The average molecular weight is 198 g/mol. The van der Waals surface area contributed by atoms with Crippen molar-refractivity contribution in [1.82, 2.24) is 10.2 Å². The summed E-state index contributed by atoms with van der Waals surface area (Å²) in [5.74, 6) is -0.0198. The summed E-state index contributed by atoms with van der Waals surface area (Å²) in [4.78, 5) is 11.9. The van der Waals surface area contributed by atoms with Gasteiger partial charge in [-0.25, -0.2) is 0 Å². The van der Waals surface area contributed by atoms with Crippen LogP contribution in [0.15, 0.2) is 42.7 Å². The molecule has 1 heterocycles. The number of aromatic nitrogens is 2. The monoisotopic (exact) mass is 198 g/mol. The van der Waals surface area contributed by atoms with Gasteiger partial charge in [0.05, 0.1) is 12.4 Å². The third kappa shape index (κ3) is 2.07. The van der Waals surface area contributed by atoms with E-state index in [1.165, 1.54) is 12.4 Å². The molecule has 0 aliphatic carbocycles. The normalized spacial score (nSPS) is 9.93. The first-order valence-electron chi connectivity index (χ1n) is 4.65. The summed E-state index contributed by atoms with van der Waals surface area (Å²) >= 11 is 0. The standard InChI is InChI=1S/C12H10N2O/c1-9-3-2-4-10(7-9)12(15)11-5-6-13-14-8-11/h2-8H,1H3. The zero-order valence-electron chi connectivity index (χ0n) is 8.34. The minimum absolute atomic E-state index is 0.0198. The number of hydrogen-bond donors (Lipinski definition) is 0. The number of ketones is 1. The Kier molecular flexibility index (Phi) is 2.54. The van der Waals surface area contributed by atoms with E-state index in [4.69, 9.17) is 0 Å². The molecule has 3 heteroatoms. The summed E-state index contributed by atoms with van der Waals surface area (Å²) < 4.78 is 0. The first kappa shape index (κ1) is 9.52. The van der Waals surface area contributed by atoms with Crippen molar-refractivity contribution in [1.29, 1.82) is 0 Å². The Bertz CT molecular complexity index is 480. The molecule has 0 amide bonds. The zero-order valence-corrected chi connectivity index (χ0v) is 8.34. The molecule has 0 bridgehead atoms. The topological polar surface area (TPSA) is 42.9 Å². The van der Waals surface area contributed by atoms with E-state index < -0.39 is 0 Å². The Morgan fingerprint density at radius 1 is 1.13 bits per heavy atom. The number of hydrogen-bond acceptors (Lipinski definition) is 3. The smallest absolute Gasteiger partial charge is 0.194 e. The Morgan fingerprint density at radius 3 is 2.67 bits per heavy atom. The quantitative estimate of drug-likeness (QED) is 0.693. The largest absolute Gasteiger partial charge is 0.289 e. The van der Waals surface area contributed by atoms with E-state index in [0.29, 0.717) is 11.1 Å². The molecule has 1 aromatic heterocycles. The highest BCUT2D eigenvalue weighted by atomic mass is 16.1. The maximum atomic E-state index is 11.9. The lowest BCUT2D eigenvalue weighted by Crippen LogP contribution is -2.02. The van der Waals surface area contributed by atoms with Crippen LogP contribution < -0.4 is 0 Å². The first-order chi connectivity index (χ1) is 7.27. The fraction of sp³-hybridized carbons (Fsp3) is 0.0833. The van der Waals surface area contributed by atoms with Gasteiger partial charge in [-0.15, -0.1) is 0 Å². The van der Waals surface area contributed by atoms with Crippen LogP contribution in [0.4, 0.5) is 0 Å². The second-order valence-corrected chi connectivity index (χ2v) is 3.33. The van der Waals surface area contributed by atoms with Crippen molar-refractivity contribution in [2.75, 3.05) is 0 Å². The highest BCUT2D eigenvalue weighted by Gasteiger charge is 2.08. The summed E-state index contributed by atoms with van der Waals surface area (Å²) in [7, 11) is 0. The van der Waals surface area contributed by atoms with Gasteiger partial charge in [0.1, 0.15) is 0 Å². The molecule has 0 N–H and O–H groups in total. The van der Waals surface area contributed by atoms with E-state index in [9.17, 15) is 4.79 Å². The summed E-state index contributed by atoms with van der Waals surface area (Å²) in [5.41, 5.74) is 2.32. The number of nitrogens with zero attached hydrogens (tertiary/aromatic N) is 2. The van der Waals surface area contributed by atoms with E-state index in [0.717, 1.165) is 5.56 Å². The molecule has 0 aliphatic rings. The van der Waals surface area contributed by atoms with E-state index in [-0.39, 0.29) is 5.78 Å². The first-order valence-corrected chi connectivity index (χ1v) is 4.65. The fourth-order valence-corrected chi connectivity index (χ4v) is 1.38. The third-order valence-corrected chi connectivity index (χ3v) is 2.13. The van der Waals surface area contributed by atoms with E-state index in [1.807, 2.05) is 25.1 Å². The van der Waals surface area contributed by atoms with Gasteiger partial charge in [-0.2, -0.15) is 10.2 Å². The summed E-state index contributed by atoms with van der Waals surface area (Å²) in [6.07, 6.45) is 2.99. The van der Waals surface area contributed by atoms with Gasteiger partial charge < -0.3 is 0 Å². The number of carbonyl (C=O) groups is 1. The van der Waals surface area contributed by atoms with Crippen LogP contribution in [-0.2, 0) is 0 Å². The van der Waals surface area contributed by atoms with Crippen molar-refractivity contribution < 1.29 is 4.79 Å². The third-order valence-electron chi connectivity index (χ3n) is 2.13. The van der Waals surface area contributed by atoms with Gasteiger partial charge in [-0.1, -0.05) is 23.8 Å². The molecule has 2 aromatic rings. The molecule has 15 heavy (non-hydrogen) atoms. The van der Waals surface area contributed by atoms with Crippen LogP contribution in [0.1, 0.15) is 21.5 Å². The molecular formula is C12H10N2O. The van der Waals surface area contributed by atoms with Gasteiger partial charge in [0, 0.05) is 11.1 Å². The van der Waals surface area contributed by atoms with Gasteiger partial charge >= 0.3 is 0 Å². The highest BCUT2D eigenvalue weighted by molar-refractivity contribution is 6.08. The molecule has 0 aliphatic heterocycles. The Morgan fingerprint density at radius 2 is 2.00 bits per heavy atom. The lowest BCUT2D eigenvalue weighted by atomic mass is 10.0. The van der Waals surface area contributed by atoms with Crippen LogP contribution in [0, 0.1) is 6.92 Å². The van der Waals surface area contributed by atoms with E-state index >= 15 is 0 Å². The lowest BCUT2D eigenvalue weighted by Gasteiger charge is -2.00. The predicted octanol–water partition coefficient (Wildman–Crippen LogP) is 2.02. The fourth-order valence-electron chi connectivity index (χ4n) is 1.38. The summed E-state index contributed by atoms with van der Waals surface area (Å²) in [5, 5.41) is 7.32. The number of carbonyl (C=O) groups excluding carboxylic acids is 1. The van der Waals surface area contributed by atoms with Gasteiger partial charge in [0.15, 0.2) is 5.78 Å². The molecule has 0 atom stereocenters. The van der Waals surface area contributed by atoms with Crippen LogP contribution in [0.5, 0.6) is 0 Å². The van der Waals surface area contributed by atoms with Gasteiger partial charge in [-0.3, -0.25) is 4.79 Å². The van der Waals surface area contributed by atoms with Gasteiger partial charge in [0.25, 0.3) is 0 Å². The Labute approximate surface area is 87.8 Å². The minimum Gasteiger partial charge on any atom is -0.289 e. The number of aryl methyl sites for hydroxylation is 1. The Balaban J connectivity index is 2.37. The van der Waals surface area contributed by atoms with Crippen LogP contribution in [0.3, 0.4) is 0 Å². The van der Waals surface area contributed by atoms with Gasteiger partial charge in [0.2, 0.25) is 0 Å². The summed E-state index contributed by atoms with van der Waals surface area (Å²) in [6, 6.07) is 9.16. The predicted molar refractivity (Wildman–Crippen MR) is 56.6 cm³/mol. The SMILES string of the molecule is Cc1cccc(C(=O)c2ccnnc2)c1. The zero-order chi connectivity index (χ0) is 10.7. The van der Waals surface area contributed by atoms with Crippen molar-refractivity contribution in [2.24, 2.45) is 0 Å². The molecule has 0 spiro atoms. The number of rotatable bonds is 2. The van der Waals surface area contributed by atoms with Crippen LogP contribution in [-0.4, -0.2) is 16.0 Å².